The van der Waals surface area contributed by atoms with Crippen LogP contribution < -0.4 is 4.90 Å². The lowest BCUT2D eigenvalue weighted by atomic mass is 9.93. The van der Waals surface area contributed by atoms with Gasteiger partial charge < -0.3 is 14.5 Å². The summed E-state index contributed by atoms with van der Waals surface area (Å²) in [6.45, 7) is 5.90. The standard InChI is InChI=1S/C13H18ClN3O3/c1-13(2,3)7-6-8(15-20-7)17-11(18)9(14)10(12(17)19)16(4)5/h6,12,19H,1-5H3. The van der Waals surface area contributed by atoms with Crippen LogP contribution in [0.4, 0.5) is 5.82 Å². The highest BCUT2D eigenvalue weighted by molar-refractivity contribution is 6.45. The predicted octanol–water partition coefficient (Wildman–Crippen LogP) is 1.65. The largest absolute Gasteiger partial charge is 0.376 e. The summed E-state index contributed by atoms with van der Waals surface area (Å²) in [4.78, 5) is 14.9. The molecular weight excluding hydrogens is 282 g/mol. The maximum atomic E-state index is 12.2. The van der Waals surface area contributed by atoms with Crippen molar-refractivity contribution in [2.24, 2.45) is 0 Å². The molecule has 1 N–H and O–H groups in total. The molecule has 1 aromatic rings. The first-order chi connectivity index (χ1) is 9.14. The predicted molar refractivity (Wildman–Crippen MR) is 75.3 cm³/mol. The van der Waals surface area contributed by atoms with Crippen LogP contribution >= 0.6 is 11.6 Å². The van der Waals surface area contributed by atoms with Crippen LogP contribution in [0.2, 0.25) is 0 Å². The van der Waals surface area contributed by atoms with Crippen molar-refractivity contribution >= 4 is 23.3 Å². The van der Waals surface area contributed by atoms with E-state index in [1.54, 1.807) is 25.1 Å². The van der Waals surface area contributed by atoms with E-state index in [1.165, 1.54) is 0 Å². The van der Waals surface area contributed by atoms with Gasteiger partial charge in [0.2, 0.25) is 0 Å². The molecule has 2 rings (SSSR count). The minimum Gasteiger partial charge on any atom is -0.376 e. The summed E-state index contributed by atoms with van der Waals surface area (Å²) in [5, 5.41) is 14.1. The van der Waals surface area contributed by atoms with Gasteiger partial charge in [-0.3, -0.25) is 9.69 Å². The Balaban J connectivity index is 2.37. The highest BCUT2D eigenvalue weighted by Crippen LogP contribution is 2.34. The number of aromatic nitrogens is 1. The molecule has 1 aliphatic rings. The molecule has 0 saturated heterocycles. The first-order valence-corrected chi connectivity index (χ1v) is 6.58. The number of aliphatic hydroxyl groups is 1. The van der Waals surface area contributed by atoms with Crippen LogP contribution in [0.1, 0.15) is 26.5 Å². The smallest absolute Gasteiger partial charge is 0.275 e. The van der Waals surface area contributed by atoms with Gasteiger partial charge in [-0.2, -0.15) is 0 Å². The Hall–Kier alpha value is -1.53. The van der Waals surface area contributed by atoms with E-state index < -0.39 is 12.1 Å². The van der Waals surface area contributed by atoms with Gasteiger partial charge in [0.05, 0.1) is 5.70 Å². The third-order valence-corrected chi connectivity index (χ3v) is 3.44. The van der Waals surface area contributed by atoms with Crippen molar-refractivity contribution in [1.29, 1.82) is 0 Å². The number of anilines is 1. The van der Waals surface area contributed by atoms with Crippen LogP contribution in [0.25, 0.3) is 0 Å². The Kier molecular flexibility index (Phi) is 3.56. The zero-order valence-corrected chi connectivity index (χ0v) is 12.9. The molecular formula is C13H18ClN3O3. The Morgan fingerprint density at radius 1 is 1.45 bits per heavy atom. The molecule has 0 saturated carbocycles. The van der Waals surface area contributed by atoms with Crippen molar-refractivity contribution < 1.29 is 14.4 Å². The third-order valence-electron chi connectivity index (χ3n) is 3.09. The topological polar surface area (TPSA) is 69.8 Å². The Labute approximate surface area is 122 Å². The number of nitrogens with zero attached hydrogens (tertiary/aromatic N) is 3. The molecule has 1 aromatic heterocycles. The second kappa shape index (κ2) is 4.79. The highest BCUT2D eigenvalue weighted by atomic mass is 35.5. The number of carbonyl (C=O) groups is 1. The van der Waals surface area contributed by atoms with E-state index in [1.807, 2.05) is 20.8 Å². The van der Waals surface area contributed by atoms with E-state index in [2.05, 4.69) is 5.16 Å². The van der Waals surface area contributed by atoms with Crippen LogP contribution in [0.5, 0.6) is 0 Å². The van der Waals surface area contributed by atoms with Gasteiger partial charge in [0, 0.05) is 25.6 Å². The maximum absolute atomic E-state index is 12.2. The number of halogens is 1. The van der Waals surface area contributed by atoms with E-state index in [0.29, 0.717) is 11.5 Å². The zero-order valence-electron chi connectivity index (χ0n) is 12.1. The van der Waals surface area contributed by atoms with E-state index in [0.717, 1.165) is 4.90 Å². The zero-order chi connectivity index (χ0) is 15.2. The fraction of sp³-hybridized carbons (Fsp3) is 0.538. The minimum absolute atomic E-state index is 0.0113. The third kappa shape index (κ3) is 2.29. The minimum atomic E-state index is -1.16. The first kappa shape index (κ1) is 14.9. The van der Waals surface area contributed by atoms with Crippen molar-refractivity contribution in [2.75, 3.05) is 19.0 Å². The number of aliphatic hydroxyl groups excluding tert-OH is 1. The molecule has 0 bridgehead atoms. The summed E-state index contributed by atoms with van der Waals surface area (Å²) in [6.07, 6.45) is -1.16. The van der Waals surface area contributed by atoms with Crippen molar-refractivity contribution in [3.63, 3.8) is 0 Å². The second-order valence-electron chi connectivity index (χ2n) is 5.94. The second-order valence-corrected chi connectivity index (χ2v) is 6.32. The monoisotopic (exact) mass is 299 g/mol. The number of amides is 1. The summed E-state index contributed by atoms with van der Waals surface area (Å²) in [5.41, 5.74) is 0.109. The molecule has 20 heavy (non-hydrogen) atoms. The number of hydrogen-bond acceptors (Lipinski definition) is 5. The molecule has 0 spiro atoms. The average molecular weight is 300 g/mol. The highest BCUT2D eigenvalue weighted by Gasteiger charge is 2.41. The number of hydrogen-bond donors (Lipinski definition) is 1. The molecule has 2 heterocycles. The summed E-state index contributed by atoms with van der Waals surface area (Å²) in [6, 6.07) is 1.64. The molecule has 110 valence electrons. The molecule has 0 aromatic carbocycles. The van der Waals surface area contributed by atoms with E-state index in [9.17, 15) is 9.90 Å². The van der Waals surface area contributed by atoms with Crippen molar-refractivity contribution in [3.05, 3.63) is 22.6 Å². The lowest BCUT2D eigenvalue weighted by molar-refractivity contribution is -0.115. The number of rotatable bonds is 2. The fourth-order valence-corrected chi connectivity index (χ4v) is 2.31. The van der Waals surface area contributed by atoms with E-state index in [-0.39, 0.29) is 16.3 Å². The molecule has 1 atom stereocenters. The summed E-state index contributed by atoms with van der Waals surface area (Å²) < 4.78 is 5.24. The molecule has 1 amide bonds. The number of likely N-dealkylation sites (N-methyl/N-ethyl adjacent to an activating group) is 1. The SMILES string of the molecule is CN(C)C1=C(Cl)C(=O)N(c2cc(C(C)(C)C)on2)C1O. The summed E-state index contributed by atoms with van der Waals surface area (Å²) in [5.74, 6) is 0.390. The van der Waals surface area contributed by atoms with Gasteiger partial charge in [0.15, 0.2) is 12.0 Å². The van der Waals surface area contributed by atoms with Gasteiger partial charge in [0.25, 0.3) is 5.91 Å². The van der Waals surface area contributed by atoms with Gasteiger partial charge in [-0.25, -0.2) is 0 Å². The number of carbonyl (C=O) groups excluding carboxylic acids is 1. The molecule has 7 heteroatoms. The molecule has 0 radical (unpaired) electrons. The average Bonchev–Trinajstić information content (AvgIpc) is 2.84. The maximum Gasteiger partial charge on any atom is 0.275 e. The molecule has 1 unspecified atom stereocenters. The lowest BCUT2D eigenvalue weighted by Crippen LogP contribution is -2.37. The van der Waals surface area contributed by atoms with Crippen molar-refractivity contribution in [3.8, 4) is 0 Å². The molecule has 1 aliphatic heterocycles. The quantitative estimate of drug-likeness (QED) is 0.899. The van der Waals surface area contributed by atoms with E-state index in [4.69, 9.17) is 16.1 Å². The Bertz CT molecular complexity index is 572. The van der Waals surface area contributed by atoms with Crippen LogP contribution in [0.15, 0.2) is 21.3 Å². The Morgan fingerprint density at radius 2 is 2.05 bits per heavy atom. The van der Waals surface area contributed by atoms with Crippen molar-refractivity contribution in [2.45, 2.75) is 32.4 Å². The van der Waals surface area contributed by atoms with E-state index >= 15 is 0 Å². The van der Waals surface area contributed by atoms with Gasteiger partial charge in [0.1, 0.15) is 10.8 Å². The van der Waals surface area contributed by atoms with Crippen LogP contribution in [0.3, 0.4) is 0 Å². The lowest BCUT2D eigenvalue weighted by Gasteiger charge is -2.22. The normalized spacial score (nSPS) is 20.1. The van der Waals surface area contributed by atoms with Gasteiger partial charge in [-0.1, -0.05) is 37.5 Å². The van der Waals surface area contributed by atoms with Gasteiger partial charge in [-0.15, -0.1) is 0 Å². The van der Waals surface area contributed by atoms with Crippen molar-refractivity contribution in [1.82, 2.24) is 10.1 Å². The molecule has 6 nitrogen and oxygen atoms in total. The Morgan fingerprint density at radius 3 is 2.45 bits per heavy atom. The van der Waals surface area contributed by atoms with Crippen LogP contribution in [-0.4, -0.2) is 41.4 Å². The first-order valence-electron chi connectivity index (χ1n) is 6.20. The summed E-state index contributed by atoms with van der Waals surface area (Å²) in [7, 11) is 3.42. The molecule has 0 aliphatic carbocycles. The molecule has 0 fully saturated rings. The fourth-order valence-electron chi connectivity index (χ4n) is 1.95. The van der Waals surface area contributed by atoms with Crippen LogP contribution in [0, 0.1) is 0 Å². The van der Waals surface area contributed by atoms with Crippen LogP contribution in [-0.2, 0) is 10.2 Å². The van der Waals surface area contributed by atoms with Gasteiger partial charge in [-0.05, 0) is 0 Å². The summed E-state index contributed by atoms with van der Waals surface area (Å²) >= 11 is 5.99. The van der Waals surface area contributed by atoms with Gasteiger partial charge >= 0.3 is 0 Å².